The molecule has 1 spiro atoms. The summed E-state index contributed by atoms with van der Waals surface area (Å²) in [5, 5.41) is 10.8. The Morgan fingerprint density at radius 3 is 2.84 bits per heavy atom. The fourth-order valence-corrected chi connectivity index (χ4v) is 5.84. The zero-order valence-electron chi connectivity index (χ0n) is 19.0. The number of nitrogens with zero attached hydrogens (tertiary/aromatic N) is 2. The lowest BCUT2D eigenvalue weighted by molar-refractivity contribution is -0.142. The first kappa shape index (κ1) is 20.8. The summed E-state index contributed by atoms with van der Waals surface area (Å²) in [4.78, 5) is 26.2. The molecule has 0 saturated heterocycles. The van der Waals surface area contributed by atoms with Gasteiger partial charge in [0.15, 0.2) is 5.72 Å². The van der Waals surface area contributed by atoms with Crippen LogP contribution in [0.15, 0.2) is 18.2 Å². The number of fused-ring (bicyclic) bond motifs is 3. The fraction of sp³-hybridized carbons (Fsp3) is 0.542. The molecule has 1 aromatic carbocycles. The summed E-state index contributed by atoms with van der Waals surface area (Å²) in [7, 11) is 1.60. The first-order valence-electron chi connectivity index (χ1n) is 11.4. The first-order chi connectivity index (χ1) is 15.3. The summed E-state index contributed by atoms with van der Waals surface area (Å²) in [5.41, 5.74) is 2.39. The number of hydrogen-bond acceptors (Lipinski definition) is 5. The third-order valence-corrected chi connectivity index (χ3v) is 7.53. The standard InChI is InChI=1S/C24H30N4O4/c1-5-28-14(3)21(13(2)27-28)25-22(29)19-10-16-7-6-15(19)12-24(16)26-23(30)18-9-8-17(31-4)11-20(18)32-24/h8-9,11,15-16,19H,5-7,10,12H2,1-4H3,(H,25,29)(H,26,30)/t15-,16-,19-,24+/m1/s1. The minimum absolute atomic E-state index is 0.0422. The molecule has 32 heavy (non-hydrogen) atoms. The van der Waals surface area contributed by atoms with E-state index in [1.165, 1.54) is 0 Å². The van der Waals surface area contributed by atoms with Crippen LogP contribution >= 0.6 is 0 Å². The van der Waals surface area contributed by atoms with Crippen molar-refractivity contribution in [1.29, 1.82) is 0 Å². The van der Waals surface area contributed by atoms with Crippen molar-refractivity contribution in [2.24, 2.45) is 17.8 Å². The number of amides is 2. The maximum absolute atomic E-state index is 13.3. The number of nitrogens with one attached hydrogen (secondary N) is 2. The van der Waals surface area contributed by atoms with Crippen LogP contribution in [0.3, 0.4) is 0 Å². The van der Waals surface area contributed by atoms with Crippen molar-refractivity contribution < 1.29 is 19.1 Å². The van der Waals surface area contributed by atoms with Gasteiger partial charge in [0.2, 0.25) is 5.91 Å². The van der Waals surface area contributed by atoms with Crippen LogP contribution in [0, 0.1) is 31.6 Å². The fourth-order valence-electron chi connectivity index (χ4n) is 5.84. The van der Waals surface area contributed by atoms with Crippen LogP contribution in [0.1, 0.15) is 54.4 Å². The van der Waals surface area contributed by atoms with Crippen molar-refractivity contribution in [1.82, 2.24) is 15.1 Å². The zero-order valence-corrected chi connectivity index (χ0v) is 19.0. The van der Waals surface area contributed by atoms with Crippen LogP contribution in [0.25, 0.3) is 0 Å². The molecular weight excluding hydrogens is 408 g/mol. The number of hydrogen-bond donors (Lipinski definition) is 2. The molecule has 6 rings (SSSR count). The number of benzene rings is 1. The van der Waals surface area contributed by atoms with Crippen molar-refractivity contribution >= 4 is 17.5 Å². The number of anilines is 1. The maximum atomic E-state index is 13.3. The second kappa shape index (κ2) is 7.53. The van der Waals surface area contributed by atoms with E-state index in [4.69, 9.17) is 9.47 Å². The number of rotatable bonds is 4. The van der Waals surface area contributed by atoms with E-state index in [-0.39, 0.29) is 29.6 Å². The Hall–Kier alpha value is -3.03. The molecule has 2 bridgehead atoms. The molecule has 2 aromatic rings. The van der Waals surface area contributed by atoms with E-state index in [9.17, 15) is 9.59 Å². The Kier molecular flexibility index (Phi) is 4.91. The van der Waals surface area contributed by atoms with Gasteiger partial charge in [-0.15, -0.1) is 0 Å². The SMILES string of the molecule is CCn1nc(C)c(NC(=O)[C@@H]2C[C@H]3CC[C@@H]2C[C@@]32NC(=O)c3ccc(OC)cc3O2)c1C. The summed E-state index contributed by atoms with van der Waals surface area (Å²) < 4.78 is 13.7. The lowest BCUT2D eigenvalue weighted by Gasteiger charge is -2.55. The summed E-state index contributed by atoms with van der Waals surface area (Å²) in [6, 6.07) is 5.27. The van der Waals surface area contributed by atoms with Gasteiger partial charge in [-0.1, -0.05) is 0 Å². The van der Waals surface area contributed by atoms with E-state index in [2.05, 4.69) is 15.7 Å². The van der Waals surface area contributed by atoms with E-state index in [0.29, 0.717) is 29.9 Å². The smallest absolute Gasteiger partial charge is 0.258 e. The van der Waals surface area contributed by atoms with E-state index in [1.807, 2.05) is 25.5 Å². The molecule has 8 heteroatoms. The highest BCUT2D eigenvalue weighted by Crippen LogP contribution is 2.53. The largest absolute Gasteiger partial charge is 0.497 e. The molecule has 4 atom stereocenters. The van der Waals surface area contributed by atoms with Crippen LogP contribution in [-0.4, -0.2) is 34.4 Å². The van der Waals surface area contributed by atoms with Gasteiger partial charge >= 0.3 is 0 Å². The van der Waals surface area contributed by atoms with Gasteiger partial charge in [-0.3, -0.25) is 14.3 Å². The van der Waals surface area contributed by atoms with Crippen molar-refractivity contribution in [3.63, 3.8) is 0 Å². The molecule has 3 aliphatic carbocycles. The molecule has 2 N–H and O–H groups in total. The predicted molar refractivity (Wildman–Crippen MR) is 119 cm³/mol. The van der Waals surface area contributed by atoms with Crippen LogP contribution in [0.2, 0.25) is 0 Å². The van der Waals surface area contributed by atoms with Gasteiger partial charge in [-0.25, -0.2) is 0 Å². The van der Waals surface area contributed by atoms with Gasteiger partial charge in [-0.2, -0.15) is 5.10 Å². The molecule has 170 valence electrons. The average Bonchev–Trinajstić information content (AvgIpc) is 3.06. The number of aromatic nitrogens is 2. The molecule has 2 heterocycles. The van der Waals surface area contributed by atoms with Gasteiger partial charge < -0.3 is 20.1 Å². The minimum atomic E-state index is -0.755. The number of carbonyl (C=O) groups excluding carboxylic acids is 2. The number of ether oxygens (including phenoxy) is 2. The van der Waals surface area contributed by atoms with E-state index < -0.39 is 5.72 Å². The molecule has 2 amide bonds. The summed E-state index contributed by atoms with van der Waals surface area (Å²) in [6.45, 7) is 6.71. The molecule has 0 unspecified atom stereocenters. The molecule has 0 radical (unpaired) electrons. The molecule has 1 aliphatic heterocycles. The van der Waals surface area contributed by atoms with Crippen molar-refractivity contribution in [2.75, 3.05) is 12.4 Å². The minimum Gasteiger partial charge on any atom is -0.497 e. The lowest BCUT2D eigenvalue weighted by atomic mass is 9.60. The first-order valence-corrected chi connectivity index (χ1v) is 11.4. The van der Waals surface area contributed by atoms with Gasteiger partial charge in [0.1, 0.15) is 11.5 Å². The van der Waals surface area contributed by atoms with Gasteiger partial charge in [0.25, 0.3) is 5.91 Å². The van der Waals surface area contributed by atoms with E-state index >= 15 is 0 Å². The lowest BCUT2D eigenvalue weighted by Crippen LogP contribution is -2.66. The number of aryl methyl sites for hydroxylation is 2. The Balaban J connectivity index is 1.36. The van der Waals surface area contributed by atoms with Crippen LogP contribution in [-0.2, 0) is 11.3 Å². The van der Waals surface area contributed by atoms with Crippen molar-refractivity contribution in [3.05, 3.63) is 35.2 Å². The number of carbonyl (C=O) groups is 2. The highest BCUT2D eigenvalue weighted by Gasteiger charge is 2.57. The Labute approximate surface area is 187 Å². The van der Waals surface area contributed by atoms with Crippen molar-refractivity contribution in [2.45, 2.75) is 58.7 Å². The molecule has 4 aliphatic rings. The van der Waals surface area contributed by atoms with Crippen LogP contribution in [0.5, 0.6) is 11.5 Å². The summed E-state index contributed by atoms with van der Waals surface area (Å²) in [5.74, 6) is 1.25. The maximum Gasteiger partial charge on any atom is 0.258 e. The third kappa shape index (κ3) is 3.15. The topological polar surface area (TPSA) is 94.5 Å². The van der Waals surface area contributed by atoms with Gasteiger partial charge in [0.05, 0.1) is 29.7 Å². The van der Waals surface area contributed by atoms with Crippen molar-refractivity contribution in [3.8, 4) is 11.5 Å². The quantitative estimate of drug-likeness (QED) is 0.763. The van der Waals surface area contributed by atoms with Gasteiger partial charge in [0, 0.05) is 30.9 Å². The second-order valence-corrected chi connectivity index (χ2v) is 9.24. The van der Waals surface area contributed by atoms with Crippen LogP contribution in [0.4, 0.5) is 5.69 Å². The molecular formula is C24H30N4O4. The zero-order chi connectivity index (χ0) is 22.6. The normalized spacial score (nSPS) is 28.1. The Bertz CT molecular complexity index is 1090. The number of methoxy groups -OCH3 is 1. The monoisotopic (exact) mass is 438 g/mol. The summed E-state index contributed by atoms with van der Waals surface area (Å²) >= 11 is 0. The third-order valence-electron chi connectivity index (χ3n) is 7.53. The average molecular weight is 439 g/mol. The van der Waals surface area contributed by atoms with E-state index in [0.717, 1.165) is 36.5 Å². The highest BCUT2D eigenvalue weighted by molar-refractivity contribution is 5.99. The molecule has 3 fully saturated rings. The van der Waals surface area contributed by atoms with E-state index in [1.54, 1.807) is 25.3 Å². The highest BCUT2D eigenvalue weighted by atomic mass is 16.5. The van der Waals surface area contributed by atoms with Gasteiger partial charge in [-0.05, 0) is 58.1 Å². The molecule has 3 saturated carbocycles. The summed E-state index contributed by atoms with van der Waals surface area (Å²) in [6.07, 6.45) is 3.21. The molecule has 8 nitrogen and oxygen atoms in total. The molecule has 1 aromatic heterocycles. The second-order valence-electron chi connectivity index (χ2n) is 9.24. The Morgan fingerprint density at radius 1 is 1.38 bits per heavy atom. The Morgan fingerprint density at radius 2 is 2.19 bits per heavy atom. The predicted octanol–water partition coefficient (Wildman–Crippen LogP) is 3.42. The van der Waals surface area contributed by atoms with Crippen LogP contribution < -0.4 is 20.1 Å².